The third kappa shape index (κ3) is 2.50. The molecule has 0 aliphatic rings. The minimum atomic E-state index is -0.164. The Morgan fingerprint density at radius 1 is 1.35 bits per heavy atom. The van der Waals surface area contributed by atoms with Gasteiger partial charge in [-0.3, -0.25) is 4.79 Å². The fourth-order valence-electron chi connectivity index (χ4n) is 1.60. The van der Waals surface area contributed by atoms with Gasteiger partial charge in [0.2, 0.25) is 0 Å². The van der Waals surface area contributed by atoms with Crippen molar-refractivity contribution < 1.29 is 4.79 Å². The van der Waals surface area contributed by atoms with Gasteiger partial charge in [-0.25, -0.2) is 0 Å². The van der Waals surface area contributed by atoms with Crippen molar-refractivity contribution in [3.05, 3.63) is 52.8 Å². The largest absolute Gasteiger partial charge is 0.347 e. The van der Waals surface area contributed by atoms with Gasteiger partial charge in [0.1, 0.15) is 5.69 Å². The van der Waals surface area contributed by atoms with Crippen molar-refractivity contribution in [1.29, 1.82) is 0 Å². The van der Waals surface area contributed by atoms with Crippen LogP contribution in [0.15, 0.2) is 36.5 Å². The lowest BCUT2D eigenvalue weighted by Gasteiger charge is -2.08. The van der Waals surface area contributed by atoms with E-state index in [9.17, 15) is 4.79 Å². The Labute approximate surface area is 105 Å². The Morgan fingerprint density at radius 3 is 2.71 bits per heavy atom. The smallest absolute Gasteiger partial charge is 0.272 e. The molecule has 3 nitrogen and oxygen atoms in total. The minimum absolute atomic E-state index is 0.164. The fourth-order valence-corrected chi connectivity index (χ4v) is 1.89. The summed E-state index contributed by atoms with van der Waals surface area (Å²) in [5.74, 6) is -0.164. The maximum Gasteiger partial charge on any atom is 0.272 e. The van der Waals surface area contributed by atoms with Crippen molar-refractivity contribution in [2.75, 3.05) is 5.32 Å². The summed E-state index contributed by atoms with van der Waals surface area (Å²) in [4.78, 5) is 11.9. The molecule has 4 heteroatoms. The van der Waals surface area contributed by atoms with Crippen LogP contribution in [0, 0.1) is 6.92 Å². The lowest BCUT2D eigenvalue weighted by molar-refractivity contribution is 0.101. The fraction of sp³-hybridized carbons (Fsp3) is 0.154. The van der Waals surface area contributed by atoms with Gasteiger partial charge in [-0.2, -0.15) is 0 Å². The molecule has 17 heavy (non-hydrogen) atoms. The lowest BCUT2D eigenvalue weighted by atomic mass is 10.2. The number of nitrogens with zero attached hydrogens (tertiary/aromatic N) is 1. The summed E-state index contributed by atoms with van der Waals surface area (Å²) < 4.78 is 1.76. The molecule has 0 spiro atoms. The first-order valence-corrected chi connectivity index (χ1v) is 5.64. The summed E-state index contributed by atoms with van der Waals surface area (Å²) in [5.41, 5.74) is 2.29. The van der Waals surface area contributed by atoms with E-state index in [-0.39, 0.29) is 5.91 Å². The molecule has 0 atom stereocenters. The normalized spacial score (nSPS) is 10.3. The van der Waals surface area contributed by atoms with E-state index in [0.717, 1.165) is 5.56 Å². The highest BCUT2D eigenvalue weighted by molar-refractivity contribution is 6.34. The molecule has 2 aromatic rings. The van der Waals surface area contributed by atoms with Gasteiger partial charge in [-0.15, -0.1) is 0 Å². The second-order valence-electron chi connectivity index (χ2n) is 3.94. The van der Waals surface area contributed by atoms with Gasteiger partial charge in [-0.1, -0.05) is 17.7 Å². The molecule has 1 amide bonds. The number of nitrogens with one attached hydrogen (secondary N) is 1. The van der Waals surface area contributed by atoms with E-state index >= 15 is 0 Å². The molecular formula is C13H13ClN2O. The van der Waals surface area contributed by atoms with Crippen LogP contribution < -0.4 is 5.32 Å². The van der Waals surface area contributed by atoms with Gasteiger partial charge in [0, 0.05) is 13.2 Å². The van der Waals surface area contributed by atoms with Crippen LogP contribution in [0.5, 0.6) is 0 Å². The standard InChI is InChI=1S/C13H13ClN2O/c1-9-5-6-11(10(14)8-9)15-13(17)12-4-3-7-16(12)2/h3-8H,1-2H3,(H,15,17). The number of hydrogen-bond acceptors (Lipinski definition) is 1. The summed E-state index contributed by atoms with van der Waals surface area (Å²) in [6.45, 7) is 1.95. The first kappa shape index (κ1) is 11.7. The molecule has 1 aromatic carbocycles. The predicted octanol–water partition coefficient (Wildman–Crippen LogP) is 3.24. The highest BCUT2D eigenvalue weighted by Gasteiger charge is 2.10. The average Bonchev–Trinajstić information content (AvgIpc) is 2.68. The zero-order chi connectivity index (χ0) is 12.4. The summed E-state index contributed by atoms with van der Waals surface area (Å²) in [6.07, 6.45) is 1.83. The van der Waals surface area contributed by atoms with Crippen LogP contribution in [0.4, 0.5) is 5.69 Å². The Balaban J connectivity index is 2.22. The van der Waals surface area contributed by atoms with Gasteiger partial charge < -0.3 is 9.88 Å². The van der Waals surface area contributed by atoms with E-state index in [1.807, 2.05) is 38.4 Å². The van der Waals surface area contributed by atoms with E-state index in [2.05, 4.69) is 5.32 Å². The maximum atomic E-state index is 11.9. The molecular weight excluding hydrogens is 236 g/mol. The number of aryl methyl sites for hydroxylation is 2. The third-order valence-corrected chi connectivity index (χ3v) is 2.86. The van der Waals surface area contributed by atoms with Gasteiger partial charge in [0.05, 0.1) is 10.7 Å². The monoisotopic (exact) mass is 248 g/mol. The van der Waals surface area contributed by atoms with Crippen molar-refractivity contribution in [1.82, 2.24) is 4.57 Å². The summed E-state index contributed by atoms with van der Waals surface area (Å²) in [7, 11) is 1.83. The molecule has 1 heterocycles. The molecule has 0 fully saturated rings. The second kappa shape index (κ2) is 4.63. The number of halogens is 1. The topological polar surface area (TPSA) is 34.0 Å². The second-order valence-corrected chi connectivity index (χ2v) is 4.35. The van der Waals surface area contributed by atoms with Gasteiger partial charge in [0.25, 0.3) is 5.91 Å². The number of amides is 1. The van der Waals surface area contributed by atoms with Crippen LogP contribution >= 0.6 is 11.6 Å². The third-order valence-electron chi connectivity index (χ3n) is 2.55. The van der Waals surface area contributed by atoms with Crippen LogP contribution in [-0.4, -0.2) is 10.5 Å². The molecule has 1 N–H and O–H groups in total. The SMILES string of the molecule is Cc1ccc(NC(=O)c2cccn2C)c(Cl)c1. The van der Waals surface area contributed by atoms with E-state index in [4.69, 9.17) is 11.6 Å². The van der Waals surface area contributed by atoms with Crippen molar-refractivity contribution in [3.63, 3.8) is 0 Å². The molecule has 0 aliphatic carbocycles. The van der Waals surface area contributed by atoms with Gasteiger partial charge in [0.15, 0.2) is 0 Å². The molecule has 0 radical (unpaired) electrons. The van der Waals surface area contributed by atoms with Crippen molar-refractivity contribution in [2.45, 2.75) is 6.92 Å². The molecule has 0 aliphatic heterocycles. The molecule has 0 saturated heterocycles. The number of carbonyl (C=O) groups is 1. The Hall–Kier alpha value is -1.74. The van der Waals surface area contributed by atoms with Crippen molar-refractivity contribution in [3.8, 4) is 0 Å². The molecule has 1 aromatic heterocycles. The van der Waals surface area contributed by atoms with Gasteiger partial charge >= 0.3 is 0 Å². The van der Waals surface area contributed by atoms with Crippen LogP contribution in [0.25, 0.3) is 0 Å². The molecule has 2 rings (SSSR count). The van der Waals surface area contributed by atoms with Gasteiger partial charge in [-0.05, 0) is 36.8 Å². The molecule has 0 saturated carbocycles. The zero-order valence-electron chi connectivity index (χ0n) is 9.70. The van der Waals surface area contributed by atoms with E-state index in [1.165, 1.54) is 0 Å². The highest BCUT2D eigenvalue weighted by Crippen LogP contribution is 2.23. The Bertz CT molecular complexity index is 560. The Kier molecular flexibility index (Phi) is 3.20. The van der Waals surface area contributed by atoms with Crippen LogP contribution in [0.3, 0.4) is 0 Å². The maximum absolute atomic E-state index is 11.9. The molecule has 88 valence electrons. The number of aromatic nitrogens is 1. The van der Waals surface area contributed by atoms with E-state index < -0.39 is 0 Å². The first-order chi connectivity index (χ1) is 8.08. The summed E-state index contributed by atoms with van der Waals surface area (Å²) in [5, 5.41) is 3.34. The average molecular weight is 249 g/mol. The van der Waals surface area contributed by atoms with E-state index in [1.54, 1.807) is 16.7 Å². The highest BCUT2D eigenvalue weighted by atomic mass is 35.5. The van der Waals surface area contributed by atoms with Crippen LogP contribution in [0.1, 0.15) is 16.1 Å². The summed E-state index contributed by atoms with van der Waals surface area (Å²) in [6, 6.07) is 9.12. The zero-order valence-corrected chi connectivity index (χ0v) is 10.5. The number of carbonyl (C=O) groups excluding carboxylic acids is 1. The predicted molar refractivity (Wildman–Crippen MR) is 69.6 cm³/mol. The number of hydrogen-bond donors (Lipinski definition) is 1. The minimum Gasteiger partial charge on any atom is -0.347 e. The lowest BCUT2D eigenvalue weighted by Crippen LogP contribution is -2.15. The Morgan fingerprint density at radius 2 is 2.12 bits per heavy atom. The van der Waals surface area contributed by atoms with Crippen LogP contribution in [0.2, 0.25) is 5.02 Å². The first-order valence-electron chi connectivity index (χ1n) is 5.27. The van der Waals surface area contributed by atoms with Crippen molar-refractivity contribution in [2.24, 2.45) is 7.05 Å². The number of benzene rings is 1. The number of rotatable bonds is 2. The summed E-state index contributed by atoms with van der Waals surface area (Å²) >= 11 is 6.05. The molecule has 0 bridgehead atoms. The quantitative estimate of drug-likeness (QED) is 0.870. The molecule has 0 unspecified atom stereocenters. The number of anilines is 1. The van der Waals surface area contributed by atoms with Crippen LogP contribution in [-0.2, 0) is 7.05 Å². The van der Waals surface area contributed by atoms with E-state index in [0.29, 0.717) is 16.4 Å². The van der Waals surface area contributed by atoms with Crippen molar-refractivity contribution >= 4 is 23.2 Å².